The van der Waals surface area contributed by atoms with Crippen LogP contribution in [0.2, 0.25) is 5.02 Å². The molecular formula is C9H8ClF3N2O. The van der Waals surface area contributed by atoms with Crippen molar-refractivity contribution in [2.75, 3.05) is 6.61 Å². The van der Waals surface area contributed by atoms with Crippen LogP contribution in [0.5, 0.6) is 5.75 Å². The van der Waals surface area contributed by atoms with Gasteiger partial charge in [-0.05, 0) is 18.2 Å². The topological polar surface area (TPSA) is 59.1 Å². The van der Waals surface area contributed by atoms with E-state index < -0.39 is 12.8 Å². The fourth-order valence-electron chi connectivity index (χ4n) is 0.998. The Bertz CT molecular complexity index is 406. The monoisotopic (exact) mass is 252 g/mol. The molecule has 0 heterocycles. The second kappa shape index (κ2) is 4.61. The Morgan fingerprint density at radius 1 is 1.44 bits per heavy atom. The molecule has 3 nitrogen and oxygen atoms in total. The van der Waals surface area contributed by atoms with Gasteiger partial charge in [-0.2, -0.15) is 13.2 Å². The molecule has 0 amide bonds. The highest BCUT2D eigenvalue weighted by Gasteiger charge is 2.29. The van der Waals surface area contributed by atoms with E-state index in [4.69, 9.17) is 22.7 Å². The summed E-state index contributed by atoms with van der Waals surface area (Å²) in [6, 6.07) is 3.93. The van der Waals surface area contributed by atoms with Crippen LogP contribution in [0, 0.1) is 5.41 Å². The van der Waals surface area contributed by atoms with Gasteiger partial charge in [0.1, 0.15) is 11.6 Å². The predicted molar refractivity (Wildman–Crippen MR) is 54.0 cm³/mol. The molecule has 0 saturated heterocycles. The number of hydrogen-bond acceptors (Lipinski definition) is 2. The van der Waals surface area contributed by atoms with Gasteiger partial charge in [-0.25, -0.2) is 0 Å². The summed E-state index contributed by atoms with van der Waals surface area (Å²) in [5.41, 5.74) is 5.26. The summed E-state index contributed by atoms with van der Waals surface area (Å²) >= 11 is 5.60. The van der Waals surface area contributed by atoms with Gasteiger partial charge >= 0.3 is 6.18 Å². The van der Waals surface area contributed by atoms with Crippen molar-refractivity contribution in [1.29, 1.82) is 5.41 Å². The molecule has 16 heavy (non-hydrogen) atoms. The van der Waals surface area contributed by atoms with E-state index in [1.807, 2.05) is 0 Å². The number of nitrogen functional groups attached to an aromatic ring is 1. The van der Waals surface area contributed by atoms with Crippen LogP contribution in [-0.4, -0.2) is 18.6 Å². The smallest absolute Gasteiger partial charge is 0.422 e. The van der Waals surface area contributed by atoms with Crippen LogP contribution in [-0.2, 0) is 0 Å². The molecular weight excluding hydrogens is 245 g/mol. The van der Waals surface area contributed by atoms with E-state index in [1.165, 1.54) is 18.2 Å². The molecule has 0 aliphatic heterocycles. The molecule has 1 rings (SSSR count). The second-order valence-corrected chi connectivity index (χ2v) is 3.39. The van der Waals surface area contributed by atoms with Crippen molar-refractivity contribution in [1.82, 2.24) is 0 Å². The lowest BCUT2D eigenvalue weighted by atomic mass is 10.2. The van der Waals surface area contributed by atoms with Crippen LogP contribution in [0.3, 0.4) is 0 Å². The zero-order valence-electron chi connectivity index (χ0n) is 7.94. The van der Waals surface area contributed by atoms with Crippen LogP contribution >= 0.6 is 11.6 Å². The van der Waals surface area contributed by atoms with Gasteiger partial charge in [-0.3, -0.25) is 5.41 Å². The third-order valence-corrected chi connectivity index (χ3v) is 1.86. The Balaban J connectivity index is 2.93. The van der Waals surface area contributed by atoms with Crippen LogP contribution in [0.1, 0.15) is 5.56 Å². The highest BCUT2D eigenvalue weighted by molar-refractivity contribution is 6.30. The Morgan fingerprint density at radius 3 is 2.56 bits per heavy atom. The maximum Gasteiger partial charge on any atom is 0.422 e. The SMILES string of the molecule is N=C(N)c1ccc(Cl)cc1OCC(F)(F)F. The molecule has 0 aromatic heterocycles. The third kappa shape index (κ3) is 3.62. The van der Waals surface area contributed by atoms with Gasteiger partial charge < -0.3 is 10.5 Å². The number of nitrogens with one attached hydrogen (secondary N) is 1. The lowest BCUT2D eigenvalue weighted by Gasteiger charge is -2.12. The maximum atomic E-state index is 11.9. The summed E-state index contributed by atoms with van der Waals surface area (Å²) in [7, 11) is 0. The van der Waals surface area contributed by atoms with E-state index in [-0.39, 0.29) is 22.2 Å². The molecule has 0 aliphatic carbocycles. The van der Waals surface area contributed by atoms with Crippen molar-refractivity contribution in [3.8, 4) is 5.75 Å². The van der Waals surface area contributed by atoms with Gasteiger partial charge in [-0.1, -0.05) is 11.6 Å². The number of nitrogens with two attached hydrogens (primary N) is 1. The van der Waals surface area contributed by atoms with Crippen molar-refractivity contribution < 1.29 is 17.9 Å². The fourth-order valence-corrected chi connectivity index (χ4v) is 1.16. The van der Waals surface area contributed by atoms with E-state index in [2.05, 4.69) is 4.74 Å². The summed E-state index contributed by atoms with van der Waals surface area (Å²) in [5.74, 6) is -0.536. The maximum absolute atomic E-state index is 11.9. The third-order valence-electron chi connectivity index (χ3n) is 1.63. The standard InChI is InChI=1S/C9H8ClF3N2O/c10-5-1-2-6(8(14)15)7(3-5)16-4-9(11,12)13/h1-3H,4H2,(H3,14,15). The predicted octanol–water partition coefficient (Wildman–Crippen LogP) is 2.57. The molecule has 3 N–H and O–H groups in total. The highest BCUT2D eigenvalue weighted by Crippen LogP contribution is 2.25. The Morgan fingerprint density at radius 2 is 2.06 bits per heavy atom. The Labute approximate surface area is 94.5 Å². The normalized spacial score (nSPS) is 11.2. The summed E-state index contributed by atoms with van der Waals surface area (Å²) in [6.45, 7) is -1.45. The molecule has 0 bridgehead atoms. The average Bonchev–Trinajstić information content (AvgIpc) is 2.13. The van der Waals surface area contributed by atoms with E-state index in [0.717, 1.165) is 0 Å². The first kappa shape index (κ1) is 12.6. The molecule has 1 aromatic carbocycles. The number of alkyl halides is 3. The van der Waals surface area contributed by atoms with E-state index in [9.17, 15) is 13.2 Å². The van der Waals surface area contributed by atoms with E-state index >= 15 is 0 Å². The largest absolute Gasteiger partial charge is 0.483 e. The molecule has 0 fully saturated rings. The summed E-state index contributed by atoms with van der Waals surface area (Å²) in [5, 5.41) is 7.36. The molecule has 0 atom stereocenters. The van der Waals surface area contributed by atoms with E-state index in [0.29, 0.717) is 0 Å². The minimum Gasteiger partial charge on any atom is -0.483 e. The van der Waals surface area contributed by atoms with Crippen LogP contribution < -0.4 is 10.5 Å². The zero-order chi connectivity index (χ0) is 12.3. The van der Waals surface area contributed by atoms with Gasteiger partial charge in [-0.15, -0.1) is 0 Å². The zero-order valence-corrected chi connectivity index (χ0v) is 8.69. The van der Waals surface area contributed by atoms with Gasteiger partial charge in [0.25, 0.3) is 0 Å². The number of rotatable bonds is 3. The molecule has 7 heteroatoms. The van der Waals surface area contributed by atoms with Crippen molar-refractivity contribution in [2.24, 2.45) is 5.73 Å². The molecule has 0 radical (unpaired) electrons. The Hall–Kier alpha value is -1.43. The van der Waals surface area contributed by atoms with Crippen LogP contribution in [0.25, 0.3) is 0 Å². The molecule has 0 saturated carbocycles. The van der Waals surface area contributed by atoms with Crippen molar-refractivity contribution in [3.63, 3.8) is 0 Å². The van der Waals surface area contributed by atoms with E-state index in [1.54, 1.807) is 0 Å². The first-order valence-electron chi connectivity index (χ1n) is 4.13. The van der Waals surface area contributed by atoms with Gasteiger partial charge in [0.2, 0.25) is 0 Å². The number of hydrogen-bond donors (Lipinski definition) is 2. The molecule has 1 aromatic rings. The average molecular weight is 253 g/mol. The van der Waals surface area contributed by atoms with Crippen molar-refractivity contribution in [3.05, 3.63) is 28.8 Å². The molecule has 0 unspecified atom stereocenters. The molecule has 0 spiro atoms. The number of benzene rings is 1. The number of ether oxygens (including phenoxy) is 1. The summed E-state index contributed by atoms with van der Waals surface area (Å²) < 4.78 is 40.3. The quantitative estimate of drug-likeness (QED) is 0.642. The molecule has 88 valence electrons. The van der Waals surface area contributed by atoms with Gasteiger partial charge in [0.05, 0.1) is 5.56 Å². The first-order chi connectivity index (χ1) is 7.29. The molecule has 0 aliphatic rings. The highest BCUT2D eigenvalue weighted by atomic mass is 35.5. The van der Waals surface area contributed by atoms with Crippen LogP contribution in [0.15, 0.2) is 18.2 Å². The summed E-state index contributed by atoms with van der Waals surface area (Å²) in [6.07, 6.45) is -4.45. The second-order valence-electron chi connectivity index (χ2n) is 2.96. The fraction of sp³-hybridized carbons (Fsp3) is 0.222. The lowest BCUT2D eigenvalue weighted by Crippen LogP contribution is -2.21. The van der Waals surface area contributed by atoms with Gasteiger partial charge in [0, 0.05) is 5.02 Å². The minimum absolute atomic E-state index is 0.0775. The lowest BCUT2D eigenvalue weighted by molar-refractivity contribution is -0.153. The van der Waals surface area contributed by atoms with Crippen LogP contribution in [0.4, 0.5) is 13.2 Å². The van der Waals surface area contributed by atoms with Crippen molar-refractivity contribution >= 4 is 17.4 Å². The minimum atomic E-state index is -4.45. The first-order valence-corrected chi connectivity index (χ1v) is 4.51. The number of halogens is 4. The number of amidine groups is 1. The Kier molecular flexibility index (Phi) is 3.64. The van der Waals surface area contributed by atoms with Crippen molar-refractivity contribution in [2.45, 2.75) is 6.18 Å². The van der Waals surface area contributed by atoms with Gasteiger partial charge in [0.15, 0.2) is 6.61 Å². The summed E-state index contributed by atoms with van der Waals surface area (Å²) in [4.78, 5) is 0.